The summed E-state index contributed by atoms with van der Waals surface area (Å²) in [5.74, 6) is 0. The Bertz CT molecular complexity index is 171. The van der Waals surface area contributed by atoms with Gasteiger partial charge in [-0.25, -0.2) is 0 Å². The van der Waals surface area contributed by atoms with Crippen LogP contribution in [0.1, 0.15) is 19.8 Å². The van der Waals surface area contributed by atoms with Crippen LogP contribution in [-0.2, 0) is 18.6 Å². The van der Waals surface area contributed by atoms with Crippen LogP contribution in [0.3, 0.4) is 0 Å². The molecule has 0 aromatic carbocycles. The van der Waals surface area contributed by atoms with Gasteiger partial charge in [0, 0.05) is 6.61 Å². The molecule has 18 heavy (non-hydrogen) atoms. The first-order valence-corrected chi connectivity index (χ1v) is 10.3. The van der Waals surface area contributed by atoms with E-state index in [0.29, 0.717) is 39.6 Å². The molecule has 0 amide bonds. The van der Waals surface area contributed by atoms with Crippen LogP contribution in [0.15, 0.2) is 0 Å². The Morgan fingerprint density at radius 1 is 0.667 bits per heavy atom. The minimum Gasteiger partial charge on any atom is -0.415 e. The summed E-state index contributed by atoms with van der Waals surface area (Å²) in [5.41, 5.74) is 0. The zero-order valence-electron chi connectivity index (χ0n) is 12.5. The predicted molar refractivity (Wildman–Crippen MR) is 76.7 cm³/mol. The van der Waals surface area contributed by atoms with Crippen molar-refractivity contribution < 1.29 is 18.6 Å². The molecule has 0 radical (unpaired) electrons. The van der Waals surface area contributed by atoms with Crippen molar-refractivity contribution in [3.05, 3.63) is 0 Å². The second kappa shape index (κ2) is 12.1. The highest BCUT2D eigenvalue weighted by Gasteiger charge is 2.12. The van der Waals surface area contributed by atoms with Crippen LogP contribution >= 0.6 is 0 Å². The van der Waals surface area contributed by atoms with Gasteiger partial charge in [-0.2, -0.15) is 0 Å². The maximum Gasteiger partial charge on any atom is 0.183 e. The number of ether oxygens (including phenoxy) is 3. The zero-order valence-corrected chi connectivity index (χ0v) is 13.5. The highest BCUT2D eigenvalue weighted by atomic mass is 28.4. The van der Waals surface area contributed by atoms with Gasteiger partial charge in [0.2, 0.25) is 0 Å². The van der Waals surface area contributed by atoms with Crippen LogP contribution in [0.25, 0.3) is 0 Å². The summed E-state index contributed by atoms with van der Waals surface area (Å²) in [5, 5.41) is 0. The molecule has 110 valence electrons. The first-order chi connectivity index (χ1) is 8.56. The Morgan fingerprint density at radius 2 is 1.11 bits per heavy atom. The Labute approximate surface area is 113 Å². The molecule has 0 N–H and O–H groups in total. The zero-order chi connectivity index (χ0) is 13.7. The van der Waals surface area contributed by atoms with E-state index in [2.05, 4.69) is 26.6 Å². The van der Waals surface area contributed by atoms with E-state index in [4.69, 9.17) is 18.6 Å². The lowest BCUT2D eigenvalue weighted by Crippen LogP contribution is -2.27. The van der Waals surface area contributed by atoms with E-state index < -0.39 is 8.32 Å². The minimum absolute atomic E-state index is 0.629. The van der Waals surface area contributed by atoms with Gasteiger partial charge in [-0.05, 0) is 26.1 Å². The summed E-state index contributed by atoms with van der Waals surface area (Å²) >= 11 is 0. The summed E-state index contributed by atoms with van der Waals surface area (Å²) < 4.78 is 21.8. The van der Waals surface area contributed by atoms with Gasteiger partial charge >= 0.3 is 0 Å². The molecule has 0 saturated heterocycles. The molecule has 4 nitrogen and oxygen atoms in total. The highest BCUT2D eigenvalue weighted by Crippen LogP contribution is 2.01. The van der Waals surface area contributed by atoms with Crippen LogP contribution in [-0.4, -0.2) is 54.6 Å². The molecule has 0 atom stereocenters. The van der Waals surface area contributed by atoms with Crippen LogP contribution in [0, 0.1) is 0 Å². The monoisotopic (exact) mass is 278 g/mol. The summed E-state index contributed by atoms with van der Waals surface area (Å²) in [7, 11) is -1.38. The molecular weight excluding hydrogens is 248 g/mol. The van der Waals surface area contributed by atoms with Crippen LogP contribution in [0.4, 0.5) is 0 Å². The van der Waals surface area contributed by atoms with E-state index in [1.807, 2.05) is 0 Å². The molecule has 0 aromatic rings. The average Bonchev–Trinajstić information content (AvgIpc) is 2.29. The molecule has 0 rings (SSSR count). The van der Waals surface area contributed by atoms with Gasteiger partial charge in [-0.1, -0.05) is 13.3 Å². The van der Waals surface area contributed by atoms with Crippen molar-refractivity contribution in [3.63, 3.8) is 0 Å². The van der Waals surface area contributed by atoms with Crippen molar-refractivity contribution in [2.24, 2.45) is 0 Å². The molecule has 0 unspecified atom stereocenters. The molecule has 0 aliphatic carbocycles. The van der Waals surface area contributed by atoms with Crippen molar-refractivity contribution in [1.29, 1.82) is 0 Å². The molecule has 5 heteroatoms. The van der Waals surface area contributed by atoms with Gasteiger partial charge in [0.1, 0.15) is 0 Å². The summed E-state index contributed by atoms with van der Waals surface area (Å²) in [6, 6.07) is 0. The van der Waals surface area contributed by atoms with Crippen LogP contribution in [0.2, 0.25) is 19.6 Å². The fraction of sp³-hybridized carbons (Fsp3) is 1.00. The van der Waals surface area contributed by atoms with Crippen LogP contribution < -0.4 is 0 Å². The largest absolute Gasteiger partial charge is 0.415 e. The summed E-state index contributed by atoms with van der Waals surface area (Å²) in [4.78, 5) is 0. The normalized spacial score (nSPS) is 12.0. The fourth-order valence-corrected chi connectivity index (χ4v) is 1.89. The number of unbranched alkanes of at least 4 members (excludes halogenated alkanes) is 1. The van der Waals surface area contributed by atoms with Crippen LogP contribution in [0.5, 0.6) is 0 Å². The molecule has 0 aliphatic rings. The van der Waals surface area contributed by atoms with Gasteiger partial charge in [0.15, 0.2) is 8.32 Å². The van der Waals surface area contributed by atoms with Crippen molar-refractivity contribution in [2.45, 2.75) is 39.4 Å². The molecule has 0 bridgehead atoms. The number of rotatable bonds is 13. The van der Waals surface area contributed by atoms with E-state index in [0.717, 1.165) is 13.0 Å². The van der Waals surface area contributed by atoms with Crippen molar-refractivity contribution in [2.75, 3.05) is 46.2 Å². The van der Waals surface area contributed by atoms with Crippen molar-refractivity contribution in [1.82, 2.24) is 0 Å². The van der Waals surface area contributed by atoms with Crippen molar-refractivity contribution >= 4 is 8.32 Å². The second-order valence-electron chi connectivity index (χ2n) is 5.15. The molecule has 0 spiro atoms. The Kier molecular flexibility index (Phi) is 12.1. The Morgan fingerprint density at radius 3 is 1.56 bits per heavy atom. The van der Waals surface area contributed by atoms with Gasteiger partial charge in [-0.15, -0.1) is 0 Å². The molecular formula is C13H30O4Si. The van der Waals surface area contributed by atoms with E-state index in [1.165, 1.54) is 6.42 Å². The predicted octanol–water partition coefficient (Wildman–Crippen LogP) is 2.69. The Balaban J connectivity index is 2.99. The maximum atomic E-state index is 5.67. The third-order valence-corrected chi connectivity index (χ3v) is 3.22. The molecule has 0 aliphatic heterocycles. The van der Waals surface area contributed by atoms with Gasteiger partial charge in [0.25, 0.3) is 0 Å². The van der Waals surface area contributed by atoms with E-state index in [9.17, 15) is 0 Å². The quantitative estimate of drug-likeness (QED) is 0.383. The molecule has 0 saturated carbocycles. The third kappa shape index (κ3) is 16.1. The third-order valence-electron chi connectivity index (χ3n) is 2.15. The Hall–Kier alpha value is 0.0569. The summed E-state index contributed by atoms with van der Waals surface area (Å²) in [6.07, 6.45) is 2.30. The number of hydrogen-bond acceptors (Lipinski definition) is 4. The first kappa shape index (κ1) is 18.1. The van der Waals surface area contributed by atoms with E-state index in [1.54, 1.807) is 0 Å². The lowest BCUT2D eigenvalue weighted by molar-refractivity contribution is 0.00851. The van der Waals surface area contributed by atoms with Gasteiger partial charge in [0.05, 0.1) is 39.6 Å². The fourth-order valence-electron chi connectivity index (χ4n) is 1.20. The average molecular weight is 278 g/mol. The highest BCUT2D eigenvalue weighted by molar-refractivity contribution is 6.69. The maximum absolute atomic E-state index is 5.67. The lowest BCUT2D eigenvalue weighted by atomic mass is 10.4. The summed E-state index contributed by atoms with van der Waals surface area (Å²) in [6.45, 7) is 13.5. The van der Waals surface area contributed by atoms with Gasteiger partial charge in [-0.3, -0.25) is 0 Å². The molecule has 0 fully saturated rings. The minimum atomic E-state index is -1.38. The lowest BCUT2D eigenvalue weighted by Gasteiger charge is -2.16. The smallest absolute Gasteiger partial charge is 0.183 e. The topological polar surface area (TPSA) is 36.9 Å². The molecule has 0 aromatic heterocycles. The standard InChI is InChI=1S/C13H30O4Si/c1-5-6-7-14-8-9-15-10-11-16-12-13-17-18(2,3)4/h5-13H2,1-4H3. The van der Waals surface area contributed by atoms with E-state index in [-0.39, 0.29) is 0 Å². The molecule has 0 heterocycles. The first-order valence-electron chi connectivity index (χ1n) is 6.93. The van der Waals surface area contributed by atoms with Gasteiger partial charge < -0.3 is 18.6 Å². The number of hydrogen-bond donors (Lipinski definition) is 0. The van der Waals surface area contributed by atoms with E-state index >= 15 is 0 Å². The SMILES string of the molecule is CCCCOCCOCCOCCO[Si](C)(C)C. The van der Waals surface area contributed by atoms with Crippen molar-refractivity contribution in [3.8, 4) is 0 Å². The second-order valence-corrected chi connectivity index (χ2v) is 9.66.